The van der Waals surface area contributed by atoms with E-state index in [2.05, 4.69) is 5.32 Å². The number of carboxylic acids is 1. The summed E-state index contributed by atoms with van der Waals surface area (Å²) in [7, 11) is 3.04. The third kappa shape index (κ3) is 5.45. The van der Waals surface area contributed by atoms with Crippen LogP contribution in [0, 0.1) is 0 Å². The van der Waals surface area contributed by atoms with E-state index in [0.717, 1.165) is 6.42 Å². The first kappa shape index (κ1) is 18.8. The number of nitrogens with zero attached hydrogens (tertiary/aromatic N) is 1. The fourth-order valence-corrected chi connectivity index (χ4v) is 2.19. The molecule has 23 heavy (non-hydrogen) atoms. The zero-order valence-electron chi connectivity index (χ0n) is 14.0. The minimum Gasteiger partial charge on any atom is -0.497 e. The SMILES string of the molecule is CCCN(CC(=O)O)C(C)C(=O)Nc1cc(OC)ccc1OC. The summed E-state index contributed by atoms with van der Waals surface area (Å²) < 4.78 is 10.4. The lowest BCUT2D eigenvalue weighted by Gasteiger charge is -2.26. The number of carbonyl (C=O) groups is 2. The van der Waals surface area contributed by atoms with Crippen molar-refractivity contribution >= 4 is 17.6 Å². The van der Waals surface area contributed by atoms with E-state index in [-0.39, 0.29) is 12.5 Å². The van der Waals surface area contributed by atoms with Crippen molar-refractivity contribution in [3.05, 3.63) is 18.2 Å². The summed E-state index contributed by atoms with van der Waals surface area (Å²) in [4.78, 5) is 25.0. The van der Waals surface area contributed by atoms with Gasteiger partial charge in [-0.1, -0.05) is 6.92 Å². The van der Waals surface area contributed by atoms with Crippen LogP contribution in [0.25, 0.3) is 0 Å². The standard InChI is InChI=1S/C16H24N2O5/c1-5-8-18(10-15(19)20)11(2)16(21)17-13-9-12(22-3)6-7-14(13)23-4/h6-7,9,11H,5,8,10H2,1-4H3,(H,17,21)(H,19,20). The van der Waals surface area contributed by atoms with Crippen LogP contribution in [0.2, 0.25) is 0 Å². The number of hydrogen-bond donors (Lipinski definition) is 2. The van der Waals surface area contributed by atoms with E-state index in [1.165, 1.54) is 14.2 Å². The maximum atomic E-state index is 12.4. The average molecular weight is 324 g/mol. The molecule has 0 radical (unpaired) electrons. The highest BCUT2D eigenvalue weighted by atomic mass is 16.5. The molecule has 0 saturated carbocycles. The van der Waals surface area contributed by atoms with Gasteiger partial charge in [0, 0.05) is 6.07 Å². The summed E-state index contributed by atoms with van der Waals surface area (Å²) in [6.45, 7) is 3.96. The molecule has 0 aliphatic rings. The second-order valence-electron chi connectivity index (χ2n) is 5.10. The van der Waals surface area contributed by atoms with Crippen LogP contribution in [0.1, 0.15) is 20.3 Å². The predicted molar refractivity (Wildman–Crippen MR) is 87.1 cm³/mol. The van der Waals surface area contributed by atoms with Crippen molar-refractivity contribution < 1.29 is 24.2 Å². The number of methoxy groups -OCH3 is 2. The third-order valence-corrected chi connectivity index (χ3v) is 3.44. The molecular weight excluding hydrogens is 300 g/mol. The van der Waals surface area contributed by atoms with Crippen molar-refractivity contribution in [1.29, 1.82) is 0 Å². The van der Waals surface area contributed by atoms with Crippen LogP contribution in [0.15, 0.2) is 18.2 Å². The van der Waals surface area contributed by atoms with Gasteiger partial charge < -0.3 is 19.9 Å². The van der Waals surface area contributed by atoms with Crippen LogP contribution < -0.4 is 14.8 Å². The Morgan fingerprint density at radius 1 is 1.30 bits per heavy atom. The Hall–Kier alpha value is -2.28. The normalized spacial score (nSPS) is 11.9. The fourth-order valence-electron chi connectivity index (χ4n) is 2.19. The Labute approximate surface area is 136 Å². The molecule has 1 aromatic carbocycles. The molecular formula is C16H24N2O5. The Bertz CT molecular complexity index is 547. The molecule has 7 heteroatoms. The molecule has 0 aliphatic carbocycles. The fraction of sp³-hybridized carbons (Fsp3) is 0.500. The number of hydrogen-bond acceptors (Lipinski definition) is 5. The summed E-state index contributed by atoms with van der Waals surface area (Å²) in [6, 6.07) is 4.50. The molecule has 1 amide bonds. The van der Waals surface area contributed by atoms with Gasteiger partial charge in [0.05, 0.1) is 32.5 Å². The first-order valence-corrected chi connectivity index (χ1v) is 7.41. The summed E-state index contributed by atoms with van der Waals surface area (Å²) >= 11 is 0. The van der Waals surface area contributed by atoms with Crippen molar-refractivity contribution in [3.63, 3.8) is 0 Å². The van der Waals surface area contributed by atoms with Crippen LogP contribution >= 0.6 is 0 Å². The van der Waals surface area contributed by atoms with Gasteiger partial charge in [-0.3, -0.25) is 14.5 Å². The molecule has 1 rings (SSSR count). The third-order valence-electron chi connectivity index (χ3n) is 3.44. The number of carboxylic acid groups (broad SMARTS) is 1. The molecule has 0 saturated heterocycles. The molecule has 1 unspecified atom stereocenters. The van der Waals surface area contributed by atoms with Crippen molar-refractivity contribution in [2.75, 3.05) is 32.6 Å². The van der Waals surface area contributed by atoms with Gasteiger partial charge in [-0.15, -0.1) is 0 Å². The maximum absolute atomic E-state index is 12.4. The molecule has 0 heterocycles. The number of benzene rings is 1. The van der Waals surface area contributed by atoms with Crippen LogP contribution in [0.4, 0.5) is 5.69 Å². The highest BCUT2D eigenvalue weighted by Gasteiger charge is 2.23. The first-order valence-electron chi connectivity index (χ1n) is 7.41. The smallest absolute Gasteiger partial charge is 0.317 e. The zero-order valence-corrected chi connectivity index (χ0v) is 14.0. The van der Waals surface area contributed by atoms with Crippen LogP contribution in [-0.4, -0.2) is 55.2 Å². The largest absolute Gasteiger partial charge is 0.497 e. The Morgan fingerprint density at radius 2 is 2.00 bits per heavy atom. The number of ether oxygens (including phenoxy) is 2. The van der Waals surface area contributed by atoms with E-state index >= 15 is 0 Å². The number of anilines is 1. The van der Waals surface area contributed by atoms with E-state index in [4.69, 9.17) is 14.6 Å². The lowest BCUT2D eigenvalue weighted by molar-refractivity contribution is -0.139. The molecule has 0 aliphatic heterocycles. The number of rotatable bonds is 9. The summed E-state index contributed by atoms with van der Waals surface area (Å²) in [6.07, 6.45) is 0.757. The van der Waals surface area contributed by atoms with Gasteiger partial charge in [-0.05, 0) is 32.0 Å². The second kappa shape index (κ2) is 8.99. The highest BCUT2D eigenvalue weighted by molar-refractivity contribution is 5.96. The lowest BCUT2D eigenvalue weighted by atomic mass is 10.2. The molecule has 7 nitrogen and oxygen atoms in total. The van der Waals surface area contributed by atoms with Gasteiger partial charge in [-0.25, -0.2) is 0 Å². The second-order valence-corrected chi connectivity index (χ2v) is 5.10. The number of nitrogens with one attached hydrogen (secondary N) is 1. The summed E-state index contributed by atoms with van der Waals surface area (Å²) in [5, 5.41) is 11.7. The van der Waals surface area contributed by atoms with Crippen molar-refractivity contribution in [2.24, 2.45) is 0 Å². The zero-order chi connectivity index (χ0) is 17.4. The summed E-state index contributed by atoms with van der Waals surface area (Å²) in [5.74, 6) is -0.167. The molecule has 0 bridgehead atoms. The van der Waals surface area contributed by atoms with E-state index in [1.807, 2.05) is 6.92 Å². The Kier molecular flexibility index (Phi) is 7.34. The van der Waals surface area contributed by atoms with E-state index in [0.29, 0.717) is 23.7 Å². The first-order chi connectivity index (χ1) is 10.9. The van der Waals surface area contributed by atoms with Crippen LogP contribution in [0.5, 0.6) is 11.5 Å². The molecule has 0 aromatic heterocycles. The monoisotopic (exact) mass is 324 g/mol. The van der Waals surface area contributed by atoms with Gasteiger partial charge in [0.1, 0.15) is 11.5 Å². The van der Waals surface area contributed by atoms with E-state index in [9.17, 15) is 9.59 Å². The molecule has 128 valence electrons. The summed E-state index contributed by atoms with van der Waals surface area (Å²) in [5.41, 5.74) is 0.482. The minimum atomic E-state index is -0.961. The van der Waals surface area contributed by atoms with Gasteiger partial charge in [0.2, 0.25) is 5.91 Å². The topological polar surface area (TPSA) is 88.1 Å². The van der Waals surface area contributed by atoms with E-state index < -0.39 is 12.0 Å². The number of amides is 1. The van der Waals surface area contributed by atoms with Crippen LogP contribution in [-0.2, 0) is 9.59 Å². The van der Waals surface area contributed by atoms with Gasteiger partial charge in [0.15, 0.2) is 0 Å². The van der Waals surface area contributed by atoms with E-state index in [1.54, 1.807) is 30.0 Å². The maximum Gasteiger partial charge on any atom is 0.317 e. The minimum absolute atomic E-state index is 0.183. The molecule has 2 N–H and O–H groups in total. The molecule has 1 atom stereocenters. The highest BCUT2D eigenvalue weighted by Crippen LogP contribution is 2.29. The number of aliphatic carboxylic acids is 1. The lowest BCUT2D eigenvalue weighted by Crippen LogP contribution is -2.45. The van der Waals surface area contributed by atoms with Crippen molar-refractivity contribution in [1.82, 2.24) is 4.90 Å². The Morgan fingerprint density at radius 3 is 2.52 bits per heavy atom. The van der Waals surface area contributed by atoms with Crippen LogP contribution in [0.3, 0.4) is 0 Å². The number of carbonyl (C=O) groups excluding carboxylic acids is 1. The van der Waals surface area contributed by atoms with Gasteiger partial charge in [0.25, 0.3) is 0 Å². The molecule has 0 spiro atoms. The molecule has 1 aromatic rings. The van der Waals surface area contributed by atoms with Gasteiger partial charge >= 0.3 is 5.97 Å². The average Bonchev–Trinajstić information content (AvgIpc) is 2.53. The predicted octanol–water partition coefficient (Wildman–Crippen LogP) is 1.83. The van der Waals surface area contributed by atoms with Gasteiger partial charge in [-0.2, -0.15) is 0 Å². The quantitative estimate of drug-likeness (QED) is 0.720. The van der Waals surface area contributed by atoms with Crippen molar-refractivity contribution in [3.8, 4) is 11.5 Å². The molecule has 0 fully saturated rings. The van der Waals surface area contributed by atoms with Crippen molar-refractivity contribution in [2.45, 2.75) is 26.3 Å². The Balaban J connectivity index is 2.90.